The van der Waals surface area contributed by atoms with Crippen LogP contribution in [-0.4, -0.2) is 47.0 Å². The van der Waals surface area contributed by atoms with Crippen LogP contribution in [0.25, 0.3) is 0 Å². The first-order valence-corrected chi connectivity index (χ1v) is 7.82. The van der Waals surface area contributed by atoms with Crippen molar-refractivity contribution in [2.75, 3.05) is 31.9 Å². The second-order valence-electron chi connectivity index (χ2n) is 6.35. The topological polar surface area (TPSA) is 45.4 Å². The SMILES string of the molecule is Cc1cnc(CN2CCC(N3CCCC3)C2)c(C)c1N. The third-order valence-corrected chi connectivity index (χ3v) is 4.95. The third kappa shape index (κ3) is 2.67. The van der Waals surface area contributed by atoms with Gasteiger partial charge in [0.25, 0.3) is 0 Å². The highest BCUT2D eigenvalue weighted by molar-refractivity contribution is 5.53. The Bertz CT molecular complexity index is 480. The fraction of sp³-hybridized carbons (Fsp3) is 0.688. The number of aryl methyl sites for hydroxylation is 1. The molecule has 1 atom stereocenters. The highest BCUT2D eigenvalue weighted by Crippen LogP contribution is 2.24. The zero-order chi connectivity index (χ0) is 14.1. The monoisotopic (exact) mass is 274 g/mol. The number of hydrogen-bond acceptors (Lipinski definition) is 4. The van der Waals surface area contributed by atoms with Gasteiger partial charge in [0.1, 0.15) is 0 Å². The maximum absolute atomic E-state index is 6.12. The van der Waals surface area contributed by atoms with Gasteiger partial charge < -0.3 is 5.73 Å². The average molecular weight is 274 g/mol. The highest BCUT2D eigenvalue weighted by Gasteiger charge is 2.29. The molecule has 2 aliphatic rings. The van der Waals surface area contributed by atoms with Crippen LogP contribution in [0.1, 0.15) is 36.1 Å². The molecule has 0 spiro atoms. The molecule has 2 fully saturated rings. The van der Waals surface area contributed by atoms with Gasteiger partial charge in [-0.3, -0.25) is 14.8 Å². The van der Waals surface area contributed by atoms with Gasteiger partial charge in [0.15, 0.2) is 0 Å². The molecule has 0 amide bonds. The summed E-state index contributed by atoms with van der Waals surface area (Å²) >= 11 is 0. The number of likely N-dealkylation sites (tertiary alicyclic amines) is 2. The van der Waals surface area contributed by atoms with Crippen LogP contribution in [-0.2, 0) is 6.54 Å². The highest BCUT2D eigenvalue weighted by atomic mass is 15.3. The molecule has 1 unspecified atom stereocenters. The molecule has 3 heterocycles. The lowest BCUT2D eigenvalue weighted by Crippen LogP contribution is -2.35. The Morgan fingerprint density at radius 1 is 1.25 bits per heavy atom. The Morgan fingerprint density at radius 3 is 2.75 bits per heavy atom. The first-order valence-electron chi connectivity index (χ1n) is 7.82. The summed E-state index contributed by atoms with van der Waals surface area (Å²) in [6, 6.07) is 0.764. The Labute approximate surface area is 122 Å². The van der Waals surface area contributed by atoms with E-state index in [0.29, 0.717) is 0 Å². The minimum Gasteiger partial charge on any atom is -0.398 e. The predicted octanol–water partition coefficient (Wildman–Crippen LogP) is 1.95. The van der Waals surface area contributed by atoms with Crippen molar-refractivity contribution in [3.8, 4) is 0 Å². The molecule has 0 aromatic carbocycles. The number of anilines is 1. The van der Waals surface area contributed by atoms with Crippen molar-refractivity contribution in [1.29, 1.82) is 0 Å². The first-order chi connectivity index (χ1) is 9.65. The van der Waals surface area contributed by atoms with Crippen molar-refractivity contribution in [1.82, 2.24) is 14.8 Å². The first kappa shape index (κ1) is 13.8. The minimum absolute atomic E-state index is 0.764. The summed E-state index contributed by atoms with van der Waals surface area (Å²) in [7, 11) is 0. The standard InChI is InChI=1S/C16H26N4/c1-12-9-18-15(13(2)16(12)17)11-19-8-5-14(10-19)20-6-3-4-7-20/h9,14H,3-8,10-11H2,1-2H3,(H2,17,18). The third-order valence-electron chi connectivity index (χ3n) is 4.95. The molecular formula is C16H26N4. The molecule has 0 radical (unpaired) electrons. The van der Waals surface area contributed by atoms with Crippen molar-refractivity contribution >= 4 is 5.69 Å². The van der Waals surface area contributed by atoms with Gasteiger partial charge in [-0.25, -0.2) is 0 Å². The summed E-state index contributed by atoms with van der Waals surface area (Å²) in [5.74, 6) is 0. The number of aromatic nitrogens is 1. The average Bonchev–Trinajstić information content (AvgIpc) is 3.10. The Kier molecular flexibility index (Phi) is 3.94. The number of hydrogen-bond donors (Lipinski definition) is 1. The minimum atomic E-state index is 0.764. The maximum atomic E-state index is 6.12. The van der Waals surface area contributed by atoms with E-state index in [-0.39, 0.29) is 0 Å². The smallest absolute Gasteiger partial charge is 0.0593 e. The van der Waals surface area contributed by atoms with E-state index < -0.39 is 0 Å². The van der Waals surface area contributed by atoms with E-state index >= 15 is 0 Å². The fourth-order valence-electron chi connectivity index (χ4n) is 3.52. The van der Waals surface area contributed by atoms with Gasteiger partial charge >= 0.3 is 0 Å². The molecule has 110 valence electrons. The molecule has 0 aliphatic carbocycles. The molecule has 2 N–H and O–H groups in total. The molecule has 4 heteroatoms. The lowest BCUT2D eigenvalue weighted by molar-refractivity contribution is 0.229. The van der Waals surface area contributed by atoms with Gasteiger partial charge in [-0.05, 0) is 57.3 Å². The molecule has 3 rings (SSSR count). The summed E-state index contributed by atoms with van der Waals surface area (Å²) in [6.45, 7) is 10.0. The number of nitrogens with zero attached hydrogens (tertiary/aromatic N) is 3. The van der Waals surface area contributed by atoms with Crippen molar-refractivity contribution in [3.63, 3.8) is 0 Å². The van der Waals surface area contributed by atoms with E-state index in [1.165, 1.54) is 45.4 Å². The molecule has 2 aliphatic heterocycles. The van der Waals surface area contributed by atoms with Gasteiger partial charge in [0, 0.05) is 37.6 Å². The van der Waals surface area contributed by atoms with Gasteiger partial charge in [-0.2, -0.15) is 0 Å². The molecule has 1 aromatic rings. The Hall–Kier alpha value is -1.13. The summed E-state index contributed by atoms with van der Waals surface area (Å²) in [4.78, 5) is 9.79. The predicted molar refractivity (Wildman–Crippen MR) is 82.6 cm³/mol. The van der Waals surface area contributed by atoms with E-state index in [4.69, 9.17) is 5.73 Å². The Balaban J connectivity index is 1.63. The van der Waals surface area contributed by atoms with Crippen LogP contribution < -0.4 is 5.73 Å². The van der Waals surface area contributed by atoms with Gasteiger partial charge in [-0.15, -0.1) is 0 Å². The second kappa shape index (κ2) is 5.70. The van der Waals surface area contributed by atoms with Crippen molar-refractivity contribution < 1.29 is 0 Å². The summed E-state index contributed by atoms with van der Waals surface area (Å²) in [6.07, 6.45) is 5.98. The molecule has 1 aromatic heterocycles. The van der Waals surface area contributed by atoms with Crippen molar-refractivity contribution in [2.45, 2.75) is 45.7 Å². The zero-order valence-electron chi connectivity index (χ0n) is 12.7. The lowest BCUT2D eigenvalue weighted by atomic mass is 10.1. The largest absolute Gasteiger partial charge is 0.398 e. The van der Waals surface area contributed by atoms with Crippen LogP contribution in [0.5, 0.6) is 0 Å². The number of nitrogen functional groups attached to an aromatic ring is 1. The number of nitrogens with two attached hydrogens (primary N) is 1. The van der Waals surface area contributed by atoms with Crippen LogP contribution >= 0.6 is 0 Å². The van der Waals surface area contributed by atoms with Crippen molar-refractivity contribution in [3.05, 3.63) is 23.0 Å². The van der Waals surface area contributed by atoms with Crippen LogP contribution in [0.4, 0.5) is 5.69 Å². The molecule has 0 bridgehead atoms. The lowest BCUT2D eigenvalue weighted by Gasteiger charge is -2.24. The van der Waals surface area contributed by atoms with E-state index in [2.05, 4.69) is 21.7 Å². The van der Waals surface area contributed by atoms with Crippen LogP contribution in [0.15, 0.2) is 6.20 Å². The van der Waals surface area contributed by atoms with Crippen molar-refractivity contribution in [2.24, 2.45) is 0 Å². The molecule has 0 saturated carbocycles. The van der Waals surface area contributed by atoms with E-state index in [0.717, 1.165) is 35.1 Å². The maximum Gasteiger partial charge on any atom is 0.0593 e. The Morgan fingerprint density at radius 2 is 2.00 bits per heavy atom. The molecule has 20 heavy (non-hydrogen) atoms. The summed E-state index contributed by atoms with van der Waals surface area (Å²) in [5.41, 5.74) is 10.4. The number of rotatable bonds is 3. The van der Waals surface area contributed by atoms with E-state index in [1.807, 2.05) is 13.1 Å². The molecule has 2 saturated heterocycles. The fourth-order valence-corrected chi connectivity index (χ4v) is 3.52. The quantitative estimate of drug-likeness (QED) is 0.915. The second-order valence-corrected chi connectivity index (χ2v) is 6.35. The summed E-state index contributed by atoms with van der Waals surface area (Å²) < 4.78 is 0. The summed E-state index contributed by atoms with van der Waals surface area (Å²) in [5, 5.41) is 0. The van der Waals surface area contributed by atoms with Crippen LogP contribution in [0, 0.1) is 13.8 Å². The van der Waals surface area contributed by atoms with Gasteiger partial charge in [0.05, 0.1) is 5.69 Å². The van der Waals surface area contributed by atoms with Gasteiger partial charge in [-0.1, -0.05) is 0 Å². The van der Waals surface area contributed by atoms with Crippen LogP contribution in [0.3, 0.4) is 0 Å². The number of pyridine rings is 1. The molecule has 4 nitrogen and oxygen atoms in total. The van der Waals surface area contributed by atoms with E-state index in [1.54, 1.807) is 0 Å². The zero-order valence-corrected chi connectivity index (χ0v) is 12.7. The molecular weight excluding hydrogens is 248 g/mol. The van der Waals surface area contributed by atoms with Gasteiger partial charge in [0.2, 0.25) is 0 Å². The normalized spacial score (nSPS) is 24.6. The van der Waals surface area contributed by atoms with Crippen LogP contribution in [0.2, 0.25) is 0 Å². The van der Waals surface area contributed by atoms with E-state index in [9.17, 15) is 0 Å².